The van der Waals surface area contributed by atoms with Crippen LogP contribution < -0.4 is 4.74 Å². The average molecular weight is 332 g/mol. The molecule has 0 aliphatic carbocycles. The highest BCUT2D eigenvalue weighted by molar-refractivity contribution is 7.73. The summed E-state index contributed by atoms with van der Waals surface area (Å²) in [7, 11) is 3.37. The predicted molar refractivity (Wildman–Crippen MR) is 95.1 cm³/mol. The molecule has 0 bridgehead atoms. The highest BCUT2D eigenvalue weighted by Crippen LogP contribution is 2.25. The van der Waals surface area contributed by atoms with Crippen molar-refractivity contribution >= 4 is 41.5 Å². The zero-order chi connectivity index (χ0) is 15.9. The van der Waals surface area contributed by atoms with Gasteiger partial charge in [-0.1, -0.05) is 12.2 Å². The van der Waals surface area contributed by atoms with Crippen LogP contribution in [0.4, 0.5) is 5.69 Å². The van der Waals surface area contributed by atoms with Crippen LogP contribution in [0.3, 0.4) is 0 Å². The number of aromatic hydroxyl groups is 1. The Morgan fingerprint density at radius 2 is 1.95 bits per heavy atom. The van der Waals surface area contributed by atoms with Crippen LogP contribution in [0.25, 0.3) is 6.08 Å². The van der Waals surface area contributed by atoms with E-state index >= 15 is 0 Å². The quantitative estimate of drug-likeness (QED) is 0.498. The minimum absolute atomic E-state index is 0.187. The first-order valence-electron chi connectivity index (χ1n) is 6.52. The molecule has 0 unspecified atom stereocenters. The first kappa shape index (κ1) is 16.2. The lowest BCUT2D eigenvalue weighted by molar-refractivity contribution is 0.415. The van der Waals surface area contributed by atoms with Crippen molar-refractivity contribution < 1.29 is 9.84 Å². The van der Waals surface area contributed by atoms with Crippen LogP contribution in [0.5, 0.6) is 11.6 Å². The zero-order valence-electron chi connectivity index (χ0n) is 12.3. The van der Waals surface area contributed by atoms with Crippen LogP contribution in [0.1, 0.15) is 4.88 Å². The normalized spacial score (nSPS) is 11.9. The summed E-state index contributed by atoms with van der Waals surface area (Å²) >= 11 is 6.46. The summed E-state index contributed by atoms with van der Waals surface area (Å²) in [6.07, 6.45) is 9.02. The lowest BCUT2D eigenvalue weighted by Crippen LogP contribution is -1.84. The molecule has 22 heavy (non-hydrogen) atoms. The van der Waals surface area contributed by atoms with Gasteiger partial charge in [-0.15, -0.1) is 11.3 Å². The zero-order valence-corrected chi connectivity index (χ0v) is 13.9. The van der Waals surface area contributed by atoms with E-state index in [0.717, 1.165) is 16.3 Å². The standard InChI is InChI=1S/C16H16N2O2S2/c1-18-15(19)14(22-16(18)21)6-4-3-5-11-17-12-7-9-13(20-2)10-8-12/h3-11,19H,1-2H3. The molecule has 0 radical (unpaired) electrons. The van der Waals surface area contributed by atoms with Gasteiger partial charge in [0.1, 0.15) is 5.75 Å². The minimum atomic E-state index is 0.187. The van der Waals surface area contributed by atoms with E-state index in [4.69, 9.17) is 17.0 Å². The lowest BCUT2D eigenvalue weighted by Gasteiger charge is -1.97. The topological polar surface area (TPSA) is 46.8 Å². The van der Waals surface area contributed by atoms with Gasteiger partial charge < -0.3 is 9.84 Å². The molecule has 0 fully saturated rings. The number of thiazole rings is 1. The Labute approximate surface area is 138 Å². The van der Waals surface area contributed by atoms with Crippen LogP contribution >= 0.6 is 23.6 Å². The van der Waals surface area contributed by atoms with Crippen molar-refractivity contribution in [3.8, 4) is 11.6 Å². The Morgan fingerprint density at radius 3 is 2.55 bits per heavy atom. The van der Waals surface area contributed by atoms with Gasteiger partial charge in [-0.3, -0.25) is 9.56 Å². The number of ether oxygens (including phenoxy) is 1. The lowest BCUT2D eigenvalue weighted by atomic mass is 10.3. The number of methoxy groups -OCH3 is 1. The highest BCUT2D eigenvalue weighted by Gasteiger charge is 2.04. The number of allylic oxidation sites excluding steroid dienone is 3. The van der Waals surface area contributed by atoms with Gasteiger partial charge in [-0.05, 0) is 48.6 Å². The molecule has 4 nitrogen and oxygen atoms in total. The summed E-state index contributed by atoms with van der Waals surface area (Å²) in [5.41, 5.74) is 0.855. The van der Waals surface area contributed by atoms with Gasteiger partial charge in [-0.2, -0.15) is 0 Å². The van der Waals surface area contributed by atoms with Crippen molar-refractivity contribution in [2.75, 3.05) is 7.11 Å². The van der Waals surface area contributed by atoms with Crippen molar-refractivity contribution in [2.45, 2.75) is 0 Å². The Hall–Kier alpha value is -2.18. The monoisotopic (exact) mass is 332 g/mol. The maximum Gasteiger partial charge on any atom is 0.210 e. The first-order valence-corrected chi connectivity index (χ1v) is 7.74. The molecule has 114 valence electrons. The maximum absolute atomic E-state index is 9.81. The minimum Gasteiger partial charge on any atom is -0.497 e. The molecule has 6 heteroatoms. The third-order valence-electron chi connectivity index (χ3n) is 2.86. The summed E-state index contributed by atoms with van der Waals surface area (Å²) in [4.78, 5) is 5.03. The second-order valence-corrected chi connectivity index (χ2v) is 6.01. The number of benzene rings is 1. The van der Waals surface area contributed by atoms with Crippen LogP contribution in [-0.4, -0.2) is 23.0 Å². The maximum atomic E-state index is 9.81. The van der Waals surface area contributed by atoms with Crippen LogP contribution in [0, 0.1) is 3.95 Å². The first-order chi connectivity index (χ1) is 10.6. The average Bonchev–Trinajstić information content (AvgIpc) is 2.78. The van der Waals surface area contributed by atoms with E-state index < -0.39 is 0 Å². The molecule has 2 aromatic rings. The Bertz CT molecular complexity index is 768. The smallest absolute Gasteiger partial charge is 0.210 e. The SMILES string of the molecule is COc1ccc(N=CC=CC=Cc2sc(=S)n(C)c2O)cc1. The molecule has 0 atom stereocenters. The summed E-state index contributed by atoms with van der Waals surface area (Å²) in [6.45, 7) is 0. The molecule has 0 saturated heterocycles. The number of hydrogen-bond acceptors (Lipinski definition) is 5. The molecule has 1 heterocycles. The summed E-state index contributed by atoms with van der Waals surface area (Å²) in [5, 5.41) is 9.81. The Kier molecular flexibility index (Phi) is 5.68. The second-order valence-electron chi connectivity index (χ2n) is 4.34. The molecule has 0 aliphatic rings. The van der Waals surface area contributed by atoms with E-state index in [1.807, 2.05) is 48.6 Å². The number of nitrogens with zero attached hydrogens (tertiary/aromatic N) is 2. The van der Waals surface area contributed by atoms with Gasteiger partial charge in [0.15, 0.2) is 3.95 Å². The van der Waals surface area contributed by atoms with Crippen molar-refractivity contribution in [1.82, 2.24) is 4.57 Å². The summed E-state index contributed by atoms with van der Waals surface area (Å²) < 4.78 is 7.30. The summed E-state index contributed by atoms with van der Waals surface area (Å²) in [6, 6.07) is 7.49. The highest BCUT2D eigenvalue weighted by atomic mass is 32.1. The largest absolute Gasteiger partial charge is 0.497 e. The molecular formula is C16H16N2O2S2. The molecule has 1 N–H and O–H groups in total. The molecule has 1 aromatic carbocycles. The van der Waals surface area contributed by atoms with E-state index in [-0.39, 0.29) is 5.88 Å². The molecule has 1 aromatic heterocycles. The molecule has 0 spiro atoms. The Morgan fingerprint density at radius 1 is 1.23 bits per heavy atom. The van der Waals surface area contributed by atoms with E-state index in [1.54, 1.807) is 24.9 Å². The molecule has 0 amide bonds. The van der Waals surface area contributed by atoms with Crippen molar-refractivity contribution in [3.05, 3.63) is 51.3 Å². The number of aromatic nitrogens is 1. The van der Waals surface area contributed by atoms with Gasteiger partial charge in [0.2, 0.25) is 5.88 Å². The van der Waals surface area contributed by atoms with Gasteiger partial charge in [0, 0.05) is 13.3 Å². The van der Waals surface area contributed by atoms with E-state index in [9.17, 15) is 5.11 Å². The van der Waals surface area contributed by atoms with E-state index in [1.165, 1.54) is 11.3 Å². The number of rotatable bonds is 5. The van der Waals surface area contributed by atoms with Gasteiger partial charge >= 0.3 is 0 Å². The van der Waals surface area contributed by atoms with Gasteiger partial charge in [0.25, 0.3) is 0 Å². The number of hydrogen-bond donors (Lipinski definition) is 1. The number of aliphatic imine (C=N–C) groups is 1. The third kappa shape index (κ3) is 4.16. The van der Waals surface area contributed by atoms with Gasteiger partial charge in [0.05, 0.1) is 17.7 Å². The van der Waals surface area contributed by atoms with Crippen molar-refractivity contribution in [2.24, 2.45) is 12.0 Å². The fourth-order valence-electron chi connectivity index (χ4n) is 1.62. The molecule has 0 saturated carbocycles. The van der Waals surface area contributed by atoms with Gasteiger partial charge in [-0.25, -0.2) is 0 Å². The fourth-order valence-corrected chi connectivity index (χ4v) is 2.76. The van der Waals surface area contributed by atoms with Crippen LogP contribution in [0.15, 0.2) is 47.5 Å². The molecule has 0 aliphatic heterocycles. The Balaban J connectivity index is 1.94. The fraction of sp³-hybridized carbons (Fsp3) is 0.125. The van der Waals surface area contributed by atoms with Crippen LogP contribution in [-0.2, 0) is 7.05 Å². The van der Waals surface area contributed by atoms with Crippen molar-refractivity contribution in [1.29, 1.82) is 0 Å². The van der Waals surface area contributed by atoms with E-state index in [2.05, 4.69) is 4.99 Å². The molecular weight excluding hydrogens is 316 g/mol. The van der Waals surface area contributed by atoms with E-state index in [0.29, 0.717) is 3.95 Å². The summed E-state index contributed by atoms with van der Waals surface area (Å²) in [5.74, 6) is 0.994. The third-order valence-corrected chi connectivity index (χ3v) is 4.37. The van der Waals surface area contributed by atoms with Crippen LogP contribution in [0.2, 0.25) is 0 Å². The second kappa shape index (κ2) is 7.72. The predicted octanol–water partition coefficient (Wildman–Crippen LogP) is 4.50. The van der Waals surface area contributed by atoms with Crippen molar-refractivity contribution in [3.63, 3.8) is 0 Å². The molecule has 2 rings (SSSR count).